The number of hydrogen-bond acceptors (Lipinski definition) is 3. The molecule has 4 nitrogen and oxygen atoms in total. The second kappa shape index (κ2) is 6.76. The highest BCUT2D eigenvalue weighted by Gasteiger charge is 2.22. The van der Waals surface area contributed by atoms with Crippen LogP contribution in [0.1, 0.15) is 37.4 Å². The Hall–Kier alpha value is -2.93. The van der Waals surface area contributed by atoms with Gasteiger partial charge in [-0.15, -0.1) is 0 Å². The standard InChI is InChI=1S/C22H21N3O/c1-15-6-11-21-24-20-13-17(7-9-18-5-3-4-12-23-18)8-10-19(20)22(26)25(21)14-16(15)2/h3-5,8,10,12-13,15-16H,6,11,14H2,1-2H3. The lowest BCUT2D eigenvalue weighted by Crippen LogP contribution is -2.27. The SMILES string of the molecule is CC1CCc2nc3cc(C#Cc4ccccn4)ccc3c(=O)n2CC1C. The van der Waals surface area contributed by atoms with E-state index in [9.17, 15) is 4.79 Å². The zero-order valence-electron chi connectivity index (χ0n) is 15.1. The van der Waals surface area contributed by atoms with E-state index in [1.54, 1.807) is 6.20 Å². The van der Waals surface area contributed by atoms with E-state index in [1.165, 1.54) is 0 Å². The Balaban J connectivity index is 1.77. The summed E-state index contributed by atoms with van der Waals surface area (Å²) in [6, 6.07) is 11.3. The van der Waals surface area contributed by atoms with Gasteiger partial charge in [-0.05, 0) is 54.5 Å². The van der Waals surface area contributed by atoms with Gasteiger partial charge in [0.05, 0.1) is 10.9 Å². The number of hydrogen-bond donors (Lipinski definition) is 0. The van der Waals surface area contributed by atoms with Crippen molar-refractivity contribution in [1.29, 1.82) is 0 Å². The molecule has 0 aliphatic carbocycles. The lowest BCUT2D eigenvalue weighted by Gasteiger charge is -2.16. The Kier molecular flexibility index (Phi) is 4.30. The maximum atomic E-state index is 12.9. The van der Waals surface area contributed by atoms with Gasteiger partial charge in [-0.25, -0.2) is 9.97 Å². The molecule has 0 N–H and O–H groups in total. The van der Waals surface area contributed by atoms with E-state index >= 15 is 0 Å². The molecule has 0 spiro atoms. The molecule has 2 aromatic heterocycles. The van der Waals surface area contributed by atoms with Crippen molar-refractivity contribution in [2.45, 2.75) is 33.2 Å². The summed E-state index contributed by atoms with van der Waals surface area (Å²) in [4.78, 5) is 22.0. The van der Waals surface area contributed by atoms with Crippen LogP contribution in [0.25, 0.3) is 10.9 Å². The van der Waals surface area contributed by atoms with Gasteiger partial charge in [-0.2, -0.15) is 0 Å². The summed E-state index contributed by atoms with van der Waals surface area (Å²) in [5.74, 6) is 8.15. The van der Waals surface area contributed by atoms with Crippen LogP contribution in [0.15, 0.2) is 47.4 Å². The number of aryl methyl sites for hydroxylation is 1. The van der Waals surface area contributed by atoms with Crippen LogP contribution in [-0.4, -0.2) is 14.5 Å². The van der Waals surface area contributed by atoms with Crippen LogP contribution >= 0.6 is 0 Å². The second-order valence-electron chi connectivity index (χ2n) is 7.13. The van der Waals surface area contributed by atoms with Gasteiger partial charge in [-0.3, -0.25) is 9.36 Å². The molecule has 0 radical (unpaired) electrons. The van der Waals surface area contributed by atoms with Crippen LogP contribution in [0.3, 0.4) is 0 Å². The summed E-state index contributed by atoms with van der Waals surface area (Å²) >= 11 is 0. The highest BCUT2D eigenvalue weighted by Crippen LogP contribution is 2.24. The predicted octanol–water partition coefficient (Wildman–Crippen LogP) is 3.41. The summed E-state index contributed by atoms with van der Waals surface area (Å²) in [6.45, 7) is 5.22. The first-order valence-electron chi connectivity index (χ1n) is 9.08. The molecule has 130 valence electrons. The number of fused-ring (bicyclic) bond motifs is 2. The molecule has 2 unspecified atom stereocenters. The first-order valence-corrected chi connectivity index (χ1v) is 9.08. The molecule has 1 aromatic carbocycles. The van der Waals surface area contributed by atoms with Crippen LogP contribution in [0.4, 0.5) is 0 Å². The quantitative estimate of drug-likeness (QED) is 0.588. The van der Waals surface area contributed by atoms with Gasteiger partial charge >= 0.3 is 0 Å². The molecule has 4 rings (SSSR count). The Labute approximate surface area is 152 Å². The van der Waals surface area contributed by atoms with Gasteiger partial charge < -0.3 is 0 Å². The summed E-state index contributed by atoms with van der Waals surface area (Å²) in [5, 5.41) is 0.666. The van der Waals surface area contributed by atoms with Crippen LogP contribution in [0.5, 0.6) is 0 Å². The fourth-order valence-corrected chi connectivity index (χ4v) is 3.41. The van der Waals surface area contributed by atoms with Gasteiger partial charge in [0, 0.05) is 24.7 Å². The minimum absolute atomic E-state index is 0.0650. The summed E-state index contributed by atoms with van der Waals surface area (Å²) in [6.07, 6.45) is 3.64. The number of aromatic nitrogens is 3. The first-order chi connectivity index (χ1) is 12.6. The van der Waals surface area contributed by atoms with Crippen molar-refractivity contribution in [2.24, 2.45) is 11.8 Å². The maximum absolute atomic E-state index is 12.9. The Morgan fingerprint density at radius 2 is 2.00 bits per heavy atom. The lowest BCUT2D eigenvalue weighted by atomic mass is 9.93. The Morgan fingerprint density at radius 1 is 1.12 bits per heavy atom. The van der Waals surface area contributed by atoms with Gasteiger partial charge in [0.2, 0.25) is 0 Å². The van der Waals surface area contributed by atoms with Crippen molar-refractivity contribution in [1.82, 2.24) is 14.5 Å². The molecule has 4 heteroatoms. The highest BCUT2D eigenvalue weighted by molar-refractivity contribution is 5.79. The van der Waals surface area contributed by atoms with Crippen molar-refractivity contribution < 1.29 is 0 Å². The molecule has 0 saturated carbocycles. The number of nitrogens with zero attached hydrogens (tertiary/aromatic N) is 3. The monoisotopic (exact) mass is 343 g/mol. The molecule has 1 aliphatic rings. The van der Waals surface area contributed by atoms with Crippen LogP contribution < -0.4 is 5.56 Å². The Morgan fingerprint density at radius 3 is 2.81 bits per heavy atom. The average Bonchev–Trinajstić information content (AvgIpc) is 2.80. The van der Waals surface area contributed by atoms with Gasteiger partial charge in [0.15, 0.2) is 0 Å². The first kappa shape index (κ1) is 16.5. The van der Waals surface area contributed by atoms with Gasteiger partial charge in [0.1, 0.15) is 11.5 Å². The highest BCUT2D eigenvalue weighted by atomic mass is 16.1. The summed E-state index contributed by atoms with van der Waals surface area (Å²) in [7, 11) is 0. The third kappa shape index (κ3) is 3.13. The molecule has 0 fully saturated rings. The average molecular weight is 343 g/mol. The number of benzene rings is 1. The molecule has 0 bridgehead atoms. The van der Waals surface area contributed by atoms with Gasteiger partial charge in [0.25, 0.3) is 5.56 Å². The van der Waals surface area contributed by atoms with E-state index in [2.05, 4.69) is 30.7 Å². The summed E-state index contributed by atoms with van der Waals surface area (Å²) in [5.41, 5.74) is 2.37. The van der Waals surface area contributed by atoms with Crippen LogP contribution in [-0.2, 0) is 13.0 Å². The van der Waals surface area contributed by atoms with Gasteiger partial charge in [-0.1, -0.05) is 25.8 Å². The van der Waals surface area contributed by atoms with E-state index < -0.39 is 0 Å². The molecule has 3 aromatic rings. The molecule has 0 saturated heterocycles. The van der Waals surface area contributed by atoms with Crippen molar-refractivity contribution in [3.05, 3.63) is 70.0 Å². The predicted molar refractivity (Wildman–Crippen MR) is 103 cm³/mol. The Bertz CT molecular complexity index is 1070. The number of rotatable bonds is 0. The van der Waals surface area contributed by atoms with E-state index in [4.69, 9.17) is 4.98 Å². The zero-order valence-corrected chi connectivity index (χ0v) is 15.1. The third-order valence-corrected chi connectivity index (χ3v) is 5.30. The van der Waals surface area contributed by atoms with Crippen molar-refractivity contribution in [3.8, 4) is 11.8 Å². The maximum Gasteiger partial charge on any atom is 0.261 e. The van der Waals surface area contributed by atoms with Crippen molar-refractivity contribution >= 4 is 10.9 Å². The second-order valence-corrected chi connectivity index (χ2v) is 7.13. The largest absolute Gasteiger partial charge is 0.296 e. The number of pyridine rings is 1. The topological polar surface area (TPSA) is 47.8 Å². The fraction of sp³-hybridized carbons (Fsp3) is 0.318. The molecular weight excluding hydrogens is 322 g/mol. The zero-order chi connectivity index (χ0) is 18.1. The molecule has 1 aliphatic heterocycles. The molecule has 3 heterocycles. The minimum Gasteiger partial charge on any atom is -0.296 e. The van der Waals surface area contributed by atoms with E-state index in [1.807, 2.05) is 41.0 Å². The van der Waals surface area contributed by atoms with Crippen LogP contribution in [0, 0.1) is 23.7 Å². The van der Waals surface area contributed by atoms with E-state index in [-0.39, 0.29) is 5.56 Å². The molecular formula is C22H21N3O. The van der Waals surface area contributed by atoms with E-state index in [0.29, 0.717) is 17.2 Å². The molecule has 2 atom stereocenters. The molecule has 26 heavy (non-hydrogen) atoms. The molecule has 0 amide bonds. The fourth-order valence-electron chi connectivity index (χ4n) is 3.41. The normalized spacial score (nSPS) is 19.3. The lowest BCUT2D eigenvalue weighted by molar-refractivity contribution is 0.343. The minimum atomic E-state index is 0.0650. The smallest absolute Gasteiger partial charge is 0.261 e. The van der Waals surface area contributed by atoms with E-state index in [0.717, 1.165) is 42.0 Å². The van der Waals surface area contributed by atoms with Crippen molar-refractivity contribution in [2.75, 3.05) is 0 Å². The summed E-state index contributed by atoms with van der Waals surface area (Å²) < 4.78 is 1.87. The van der Waals surface area contributed by atoms with Crippen LogP contribution in [0.2, 0.25) is 0 Å². The van der Waals surface area contributed by atoms with Crippen molar-refractivity contribution in [3.63, 3.8) is 0 Å². The third-order valence-electron chi connectivity index (χ3n) is 5.30.